The van der Waals surface area contributed by atoms with Crippen LogP contribution in [0.4, 0.5) is 5.82 Å². The maximum absolute atomic E-state index is 11.3. The summed E-state index contributed by atoms with van der Waals surface area (Å²) in [7, 11) is 0. The molecule has 0 spiro atoms. The molecule has 0 unspecified atom stereocenters. The number of nitrogens with zero attached hydrogens (tertiary/aromatic N) is 4. The molecule has 0 bridgehead atoms. The molecule has 0 amide bonds. The van der Waals surface area contributed by atoms with Crippen LogP contribution >= 0.6 is 0 Å². The Hall–Kier alpha value is -2.11. The lowest BCUT2D eigenvalue weighted by molar-refractivity contribution is 0.515. The fraction of sp³-hybridized carbons (Fsp3) is 0.300. The average Bonchev–Trinajstić information content (AvgIpc) is 2.67. The predicted molar refractivity (Wildman–Crippen MR) is 59.8 cm³/mol. The van der Waals surface area contributed by atoms with Crippen molar-refractivity contribution in [2.75, 3.05) is 5.73 Å². The maximum atomic E-state index is 11.3. The van der Waals surface area contributed by atoms with Crippen LogP contribution in [0.5, 0.6) is 0 Å². The lowest BCUT2D eigenvalue weighted by Crippen LogP contribution is -2.22. The zero-order valence-electron chi connectivity index (χ0n) is 8.78. The third-order valence-electron chi connectivity index (χ3n) is 2.23. The normalized spacial score (nSPS) is 10.5. The number of hydrogen-bond acceptors (Lipinski definition) is 4. The SMILES string of the molecule is Nc1ccn(CCCn2cccnc2=O)n1. The number of aromatic nitrogens is 4. The molecule has 2 N–H and O–H groups in total. The number of rotatable bonds is 4. The Morgan fingerprint density at radius 3 is 2.88 bits per heavy atom. The molecular formula is C10H13N5O. The highest BCUT2D eigenvalue weighted by atomic mass is 16.1. The van der Waals surface area contributed by atoms with Gasteiger partial charge in [0.1, 0.15) is 5.82 Å². The van der Waals surface area contributed by atoms with E-state index in [-0.39, 0.29) is 5.69 Å². The first-order valence-corrected chi connectivity index (χ1v) is 5.06. The second-order valence-electron chi connectivity index (χ2n) is 3.45. The summed E-state index contributed by atoms with van der Waals surface area (Å²) in [6.07, 6.45) is 5.86. The third-order valence-corrected chi connectivity index (χ3v) is 2.23. The van der Waals surface area contributed by atoms with Gasteiger partial charge < -0.3 is 5.73 Å². The van der Waals surface area contributed by atoms with Crippen molar-refractivity contribution in [3.05, 3.63) is 41.2 Å². The zero-order valence-corrected chi connectivity index (χ0v) is 8.78. The first-order valence-electron chi connectivity index (χ1n) is 5.06. The van der Waals surface area contributed by atoms with Gasteiger partial charge in [0.2, 0.25) is 0 Å². The van der Waals surface area contributed by atoms with Crippen molar-refractivity contribution in [1.29, 1.82) is 0 Å². The molecule has 0 aliphatic carbocycles. The van der Waals surface area contributed by atoms with Crippen molar-refractivity contribution < 1.29 is 0 Å². The molecule has 6 heteroatoms. The van der Waals surface area contributed by atoms with E-state index in [9.17, 15) is 4.79 Å². The van der Waals surface area contributed by atoms with E-state index in [0.29, 0.717) is 12.4 Å². The molecule has 2 aromatic heterocycles. The molecule has 16 heavy (non-hydrogen) atoms. The van der Waals surface area contributed by atoms with E-state index in [1.54, 1.807) is 27.6 Å². The van der Waals surface area contributed by atoms with Gasteiger partial charge in [-0.25, -0.2) is 9.78 Å². The highest BCUT2D eigenvalue weighted by Gasteiger charge is 1.97. The van der Waals surface area contributed by atoms with Gasteiger partial charge in [0.15, 0.2) is 0 Å². The van der Waals surface area contributed by atoms with Crippen molar-refractivity contribution >= 4 is 5.82 Å². The average molecular weight is 219 g/mol. The number of aryl methyl sites for hydroxylation is 2. The quantitative estimate of drug-likeness (QED) is 0.791. The van der Waals surface area contributed by atoms with Gasteiger partial charge in [-0.15, -0.1) is 0 Å². The van der Waals surface area contributed by atoms with E-state index in [4.69, 9.17) is 5.73 Å². The third kappa shape index (κ3) is 2.47. The summed E-state index contributed by atoms with van der Waals surface area (Å²) in [4.78, 5) is 14.9. The van der Waals surface area contributed by atoms with Crippen molar-refractivity contribution in [2.24, 2.45) is 0 Å². The summed E-state index contributed by atoms with van der Waals surface area (Å²) in [5.74, 6) is 0.513. The standard InChI is InChI=1S/C10H13N5O/c11-9-3-8-15(13-9)7-2-6-14-5-1-4-12-10(14)16/h1,3-5,8H,2,6-7H2,(H2,11,13). The summed E-state index contributed by atoms with van der Waals surface area (Å²) >= 11 is 0. The minimum atomic E-state index is -0.220. The highest BCUT2D eigenvalue weighted by Crippen LogP contribution is 1.97. The Bertz CT molecular complexity index is 516. The van der Waals surface area contributed by atoms with Gasteiger partial charge in [0, 0.05) is 31.7 Å². The van der Waals surface area contributed by atoms with Crippen molar-refractivity contribution in [2.45, 2.75) is 19.5 Å². The minimum absolute atomic E-state index is 0.220. The van der Waals surface area contributed by atoms with E-state index in [1.165, 1.54) is 6.20 Å². The van der Waals surface area contributed by atoms with Gasteiger partial charge in [0.05, 0.1) is 0 Å². The molecule has 0 aliphatic heterocycles. The maximum Gasteiger partial charge on any atom is 0.347 e. The van der Waals surface area contributed by atoms with E-state index in [0.717, 1.165) is 13.0 Å². The molecule has 2 aromatic rings. The van der Waals surface area contributed by atoms with E-state index in [1.807, 2.05) is 6.20 Å². The van der Waals surface area contributed by atoms with Gasteiger partial charge in [0.25, 0.3) is 0 Å². The number of anilines is 1. The second kappa shape index (κ2) is 4.61. The summed E-state index contributed by atoms with van der Waals surface area (Å²) < 4.78 is 3.34. The second-order valence-corrected chi connectivity index (χ2v) is 3.45. The van der Waals surface area contributed by atoms with E-state index >= 15 is 0 Å². The molecule has 0 saturated carbocycles. The zero-order chi connectivity index (χ0) is 11.4. The summed E-state index contributed by atoms with van der Waals surface area (Å²) in [5, 5.41) is 4.06. The van der Waals surface area contributed by atoms with Gasteiger partial charge in [-0.1, -0.05) is 0 Å². The highest BCUT2D eigenvalue weighted by molar-refractivity contribution is 5.23. The largest absolute Gasteiger partial charge is 0.382 e. The fourth-order valence-corrected chi connectivity index (χ4v) is 1.46. The van der Waals surface area contributed by atoms with Gasteiger partial charge in [-0.2, -0.15) is 5.10 Å². The van der Waals surface area contributed by atoms with Crippen LogP contribution in [-0.2, 0) is 13.1 Å². The lowest BCUT2D eigenvalue weighted by Gasteiger charge is -2.04. The molecule has 0 fully saturated rings. The number of hydrogen-bond donors (Lipinski definition) is 1. The minimum Gasteiger partial charge on any atom is -0.382 e. The summed E-state index contributed by atoms with van der Waals surface area (Å²) in [5.41, 5.74) is 5.27. The van der Waals surface area contributed by atoms with Crippen LogP contribution in [0.1, 0.15) is 6.42 Å². The van der Waals surface area contributed by atoms with Gasteiger partial charge in [-0.05, 0) is 18.6 Å². The van der Waals surface area contributed by atoms with Crippen molar-refractivity contribution in [3.63, 3.8) is 0 Å². The van der Waals surface area contributed by atoms with Gasteiger partial charge in [-0.3, -0.25) is 9.25 Å². The molecule has 0 atom stereocenters. The predicted octanol–water partition coefficient (Wildman–Crippen LogP) is 0.112. The Balaban J connectivity index is 1.89. The van der Waals surface area contributed by atoms with Crippen LogP contribution in [0.2, 0.25) is 0 Å². The number of nitrogen functional groups attached to an aromatic ring is 1. The first kappa shape index (κ1) is 10.4. The first-order chi connectivity index (χ1) is 7.75. The molecule has 0 saturated heterocycles. The summed E-state index contributed by atoms with van der Waals surface area (Å²) in [6.45, 7) is 1.37. The van der Waals surface area contributed by atoms with Crippen LogP contribution in [0.3, 0.4) is 0 Å². The molecular weight excluding hydrogens is 206 g/mol. The van der Waals surface area contributed by atoms with Gasteiger partial charge >= 0.3 is 5.69 Å². The van der Waals surface area contributed by atoms with E-state index in [2.05, 4.69) is 10.1 Å². The monoisotopic (exact) mass is 219 g/mol. The molecule has 0 aliphatic rings. The Labute approximate surface area is 92.3 Å². The molecule has 84 valence electrons. The molecule has 6 nitrogen and oxygen atoms in total. The number of nitrogens with two attached hydrogens (primary N) is 1. The van der Waals surface area contributed by atoms with Crippen LogP contribution in [0.15, 0.2) is 35.5 Å². The topological polar surface area (TPSA) is 78.7 Å². The molecule has 2 heterocycles. The van der Waals surface area contributed by atoms with Crippen molar-refractivity contribution in [3.8, 4) is 0 Å². The van der Waals surface area contributed by atoms with Crippen LogP contribution in [0, 0.1) is 0 Å². The van der Waals surface area contributed by atoms with Crippen molar-refractivity contribution in [1.82, 2.24) is 19.3 Å². The van der Waals surface area contributed by atoms with Crippen LogP contribution in [0.25, 0.3) is 0 Å². The van der Waals surface area contributed by atoms with Crippen LogP contribution < -0.4 is 11.4 Å². The Morgan fingerprint density at radius 1 is 1.31 bits per heavy atom. The molecule has 0 radical (unpaired) electrons. The smallest absolute Gasteiger partial charge is 0.347 e. The Kier molecular flexibility index (Phi) is 3.00. The van der Waals surface area contributed by atoms with E-state index < -0.39 is 0 Å². The molecule has 0 aromatic carbocycles. The molecule has 2 rings (SSSR count). The lowest BCUT2D eigenvalue weighted by atomic mass is 10.4. The summed E-state index contributed by atoms with van der Waals surface area (Å²) in [6, 6.07) is 3.49. The Morgan fingerprint density at radius 2 is 2.19 bits per heavy atom. The fourth-order valence-electron chi connectivity index (χ4n) is 1.46. The van der Waals surface area contributed by atoms with Crippen LogP contribution in [-0.4, -0.2) is 19.3 Å².